The summed E-state index contributed by atoms with van der Waals surface area (Å²) >= 11 is 0. The van der Waals surface area contributed by atoms with E-state index < -0.39 is 0 Å². The van der Waals surface area contributed by atoms with E-state index in [0.29, 0.717) is 23.6 Å². The van der Waals surface area contributed by atoms with Gasteiger partial charge in [0.25, 0.3) is 0 Å². The molecule has 0 aliphatic heterocycles. The SMILES string of the molecule is COc1ccc(C(=O)OCCC(C)(C)C)c(N)c1. The van der Waals surface area contributed by atoms with Gasteiger partial charge in [0.2, 0.25) is 0 Å². The molecule has 0 atom stereocenters. The van der Waals surface area contributed by atoms with Crippen LogP contribution in [0.3, 0.4) is 0 Å². The second-order valence-electron chi connectivity index (χ2n) is 5.40. The third-order valence-electron chi connectivity index (χ3n) is 2.56. The van der Waals surface area contributed by atoms with Gasteiger partial charge in [0.05, 0.1) is 19.3 Å². The molecule has 100 valence electrons. The normalized spacial score (nSPS) is 11.1. The van der Waals surface area contributed by atoms with Gasteiger partial charge in [-0.1, -0.05) is 20.8 Å². The number of nitrogens with two attached hydrogens (primary N) is 1. The number of benzene rings is 1. The van der Waals surface area contributed by atoms with Gasteiger partial charge in [-0.25, -0.2) is 4.79 Å². The number of esters is 1. The Labute approximate surface area is 108 Å². The summed E-state index contributed by atoms with van der Waals surface area (Å²) in [7, 11) is 1.55. The predicted molar refractivity (Wildman–Crippen MR) is 71.8 cm³/mol. The molecular formula is C14H21NO3. The Bertz CT molecular complexity index is 422. The molecule has 1 aromatic rings. The Balaban J connectivity index is 2.62. The predicted octanol–water partition coefficient (Wildman–Crippen LogP) is 2.87. The summed E-state index contributed by atoms with van der Waals surface area (Å²) in [5.41, 5.74) is 6.67. The van der Waals surface area contributed by atoms with Gasteiger partial charge in [-0.05, 0) is 24.0 Å². The van der Waals surface area contributed by atoms with Gasteiger partial charge < -0.3 is 15.2 Å². The van der Waals surface area contributed by atoms with Crippen molar-refractivity contribution in [3.05, 3.63) is 23.8 Å². The maximum absolute atomic E-state index is 11.8. The number of rotatable bonds is 4. The van der Waals surface area contributed by atoms with Crippen molar-refractivity contribution in [2.24, 2.45) is 5.41 Å². The number of anilines is 1. The molecule has 0 bridgehead atoms. The molecule has 0 amide bonds. The van der Waals surface area contributed by atoms with Crippen molar-refractivity contribution < 1.29 is 14.3 Å². The number of ether oxygens (including phenoxy) is 2. The van der Waals surface area contributed by atoms with Gasteiger partial charge >= 0.3 is 5.97 Å². The summed E-state index contributed by atoms with van der Waals surface area (Å²) < 4.78 is 10.2. The van der Waals surface area contributed by atoms with Gasteiger partial charge in [0.1, 0.15) is 5.75 Å². The zero-order chi connectivity index (χ0) is 13.8. The Hall–Kier alpha value is -1.71. The van der Waals surface area contributed by atoms with E-state index in [9.17, 15) is 4.79 Å². The fourth-order valence-corrected chi connectivity index (χ4v) is 1.38. The van der Waals surface area contributed by atoms with E-state index >= 15 is 0 Å². The van der Waals surface area contributed by atoms with E-state index in [1.807, 2.05) is 0 Å². The molecule has 0 aliphatic carbocycles. The van der Waals surface area contributed by atoms with Gasteiger partial charge in [-0.2, -0.15) is 0 Å². The van der Waals surface area contributed by atoms with Crippen LogP contribution in [0.2, 0.25) is 0 Å². The molecule has 0 heterocycles. The largest absolute Gasteiger partial charge is 0.497 e. The van der Waals surface area contributed by atoms with Crippen molar-refractivity contribution in [3.63, 3.8) is 0 Å². The van der Waals surface area contributed by atoms with Gasteiger partial charge in [0.15, 0.2) is 0 Å². The van der Waals surface area contributed by atoms with Crippen LogP contribution in [-0.4, -0.2) is 19.7 Å². The van der Waals surface area contributed by atoms with Crippen LogP contribution in [0.5, 0.6) is 5.75 Å². The number of carbonyl (C=O) groups is 1. The Morgan fingerprint density at radius 1 is 1.33 bits per heavy atom. The minimum Gasteiger partial charge on any atom is -0.497 e. The van der Waals surface area contributed by atoms with Crippen LogP contribution >= 0.6 is 0 Å². The maximum atomic E-state index is 11.8. The van der Waals surface area contributed by atoms with Gasteiger partial charge in [0, 0.05) is 11.8 Å². The molecule has 1 aromatic carbocycles. The van der Waals surface area contributed by atoms with Crippen molar-refractivity contribution in [2.75, 3.05) is 19.5 Å². The summed E-state index contributed by atoms with van der Waals surface area (Å²) in [4.78, 5) is 11.8. The van der Waals surface area contributed by atoms with E-state index in [1.54, 1.807) is 25.3 Å². The molecule has 0 spiro atoms. The molecule has 0 saturated carbocycles. The first kappa shape index (κ1) is 14.4. The van der Waals surface area contributed by atoms with Crippen LogP contribution in [0.25, 0.3) is 0 Å². The minimum atomic E-state index is -0.389. The molecule has 0 fully saturated rings. The van der Waals surface area contributed by atoms with Gasteiger partial charge in [-0.3, -0.25) is 0 Å². The summed E-state index contributed by atoms with van der Waals surface area (Å²) in [6.07, 6.45) is 0.814. The quantitative estimate of drug-likeness (QED) is 0.660. The van der Waals surface area contributed by atoms with E-state index in [2.05, 4.69) is 20.8 Å². The van der Waals surface area contributed by atoms with Crippen LogP contribution in [0.15, 0.2) is 18.2 Å². The molecule has 2 N–H and O–H groups in total. The maximum Gasteiger partial charge on any atom is 0.340 e. The number of methoxy groups -OCH3 is 1. The summed E-state index contributed by atoms with van der Waals surface area (Å²) in [5, 5.41) is 0. The van der Waals surface area contributed by atoms with Crippen molar-refractivity contribution in [2.45, 2.75) is 27.2 Å². The second kappa shape index (κ2) is 5.76. The van der Waals surface area contributed by atoms with E-state index in [0.717, 1.165) is 6.42 Å². The van der Waals surface area contributed by atoms with Crippen LogP contribution < -0.4 is 10.5 Å². The molecule has 4 heteroatoms. The molecule has 0 radical (unpaired) electrons. The Morgan fingerprint density at radius 3 is 2.50 bits per heavy atom. The third kappa shape index (κ3) is 4.28. The van der Waals surface area contributed by atoms with Crippen LogP contribution in [0, 0.1) is 5.41 Å². The van der Waals surface area contributed by atoms with Gasteiger partial charge in [-0.15, -0.1) is 0 Å². The van der Waals surface area contributed by atoms with Crippen molar-refractivity contribution >= 4 is 11.7 Å². The molecule has 18 heavy (non-hydrogen) atoms. The minimum absolute atomic E-state index is 0.145. The monoisotopic (exact) mass is 251 g/mol. The average molecular weight is 251 g/mol. The second-order valence-corrected chi connectivity index (χ2v) is 5.40. The lowest BCUT2D eigenvalue weighted by atomic mass is 9.93. The van der Waals surface area contributed by atoms with Crippen LogP contribution in [0.4, 0.5) is 5.69 Å². The fraction of sp³-hybridized carbons (Fsp3) is 0.500. The molecule has 0 aromatic heterocycles. The molecule has 1 rings (SSSR count). The zero-order valence-corrected chi connectivity index (χ0v) is 11.4. The highest BCUT2D eigenvalue weighted by Crippen LogP contribution is 2.22. The lowest BCUT2D eigenvalue weighted by Gasteiger charge is -2.17. The zero-order valence-electron chi connectivity index (χ0n) is 11.4. The third-order valence-corrected chi connectivity index (χ3v) is 2.56. The first-order valence-electron chi connectivity index (χ1n) is 5.94. The highest BCUT2D eigenvalue weighted by Gasteiger charge is 2.14. The molecule has 0 aliphatic rings. The Morgan fingerprint density at radius 2 is 2.00 bits per heavy atom. The smallest absolute Gasteiger partial charge is 0.340 e. The molecular weight excluding hydrogens is 230 g/mol. The number of hydrogen-bond acceptors (Lipinski definition) is 4. The topological polar surface area (TPSA) is 61.5 Å². The van der Waals surface area contributed by atoms with Crippen molar-refractivity contribution in [1.82, 2.24) is 0 Å². The number of nitrogen functional groups attached to an aromatic ring is 1. The van der Waals surface area contributed by atoms with Crippen LogP contribution in [-0.2, 0) is 4.74 Å². The first-order chi connectivity index (χ1) is 8.33. The van der Waals surface area contributed by atoms with E-state index in [-0.39, 0.29) is 11.4 Å². The standard InChI is InChI=1S/C14H21NO3/c1-14(2,3)7-8-18-13(16)11-6-5-10(17-4)9-12(11)15/h5-6,9H,7-8,15H2,1-4H3. The Kier molecular flexibility index (Phi) is 4.59. The van der Waals surface area contributed by atoms with Crippen LogP contribution in [0.1, 0.15) is 37.6 Å². The highest BCUT2D eigenvalue weighted by molar-refractivity contribution is 5.95. The summed E-state index contributed by atoms with van der Waals surface area (Å²) in [6.45, 7) is 6.70. The lowest BCUT2D eigenvalue weighted by Crippen LogP contribution is -2.14. The number of hydrogen-bond donors (Lipinski definition) is 1. The van der Waals surface area contributed by atoms with Crippen molar-refractivity contribution in [3.8, 4) is 5.75 Å². The van der Waals surface area contributed by atoms with E-state index in [4.69, 9.17) is 15.2 Å². The molecule has 0 unspecified atom stereocenters. The summed E-state index contributed by atoms with van der Waals surface area (Å²) in [5.74, 6) is 0.234. The molecule has 4 nitrogen and oxygen atoms in total. The average Bonchev–Trinajstić information content (AvgIpc) is 2.26. The first-order valence-corrected chi connectivity index (χ1v) is 5.94. The summed E-state index contributed by atoms with van der Waals surface area (Å²) in [6, 6.07) is 4.92. The van der Waals surface area contributed by atoms with Crippen molar-refractivity contribution in [1.29, 1.82) is 0 Å². The fourth-order valence-electron chi connectivity index (χ4n) is 1.38. The number of carbonyl (C=O) groups excluding carboxylic acids is 1. The highest BCUT2D eigenvalue weighted by atomic mass is 16.5. The van der Waals surface area contributed by atoms with E-state index in [1.165, 1.54) is 0 Å². The lowest BCUT2D eigenvalue weighted by molar-refractivity contribution is 0.0466. The molecule has 0 saturated heterocycles.